The predicted molar refractivity (Wildman–Crippen MR) is 284 cm³/mol. The van der Waals surface area contributed by atoms with Crippen LogP contribution in [0.3, 0.4) is 0 Å². The predicted octanol–water partition coefficient (Wildman–Crippen LogP) is 15.4. The molecule has 4 aliphatic carbocycles. The third kappa shape index (κ3) is 7.60. The molecule has 0 atom stereocenters. The second-order valence-electron chi connectivity index (χ2n) is 20.3. The first-order chi connectivity index (χ1) is 34.3. The zero-order valence-electron chi connectivity index (χ0n) is 39.1. The van der Waals surface area contributed by atoms with E-state index in [0.29, 0.717) is 66.0 Å². The van der Waals surface area contributed by atoms with Crippen LogP contribution in [0, 0.1) is 23.7 Å². The summed E-state index contributed by atoms with van der Waals surface area (Å²) < 4.78 is 1.17. The Morgan fingerprint density at radius 3 is 0.957 bits per heavy atom. The average Bonchev–Trinajstić information content (AvgIpc) is 4.26. The molecule has 0 saturated heterocycles. The van der Waals surface area contributed by atoms with Crippen LogP contribution < -0.4 is 9.80 Å². The summed E-state index contributed by atoms with van der Waals surface area (Å²) in [5.74, 6) is 13.5. The molecule has 0 bridgehead atoms. The third-order valence-electron chi connectivity index (χ3n) is 16.4. The number of anilines is 2. The van der Waals surface area contributed by atoms with Crippen LogP contribution in [-0.2, 0) is 0 Å². The Bertz CT molecular complexity index is 3050. The van der Waals surface area contributed by atoms with E-state index in [1.165, 1.54) is 9.80 Å². The van der Waals surface area contributed by atoms with Gasteiger partial charge in [-0.25, -0.2) is 9.80 Å². The summed E-state index contributed by atoms with van der Waals surface area (Å²) in [6, 6.07) is 32.0. The number of benzene rings is 6. The van der Waals surface area contributed by atoms with Crippen molar-refractivity contribution in [1.29, 1.82) is 0 Å². The number of para-hydroxylation sites is 2. The van der Waals surface area contributed by atoms with Crippen molar-refractivity contribution < 1.29 is 19.2 Å². The minimum atomic E-state index is -0.319. The van der Waals surface area contributed by atoms with Crippen LogP contribution in [0.4, 0.5) is 11.4 Å². The van der Waals surface area contributed by atoms with Crippen molar-refractivity contribution in [3.8, 4) is 23.7 Å². The van der Waals surface area contributed by atoms with E-state index in [2.05, 4.69) is 91.9 Å². The van der Waals surface area contributed by atoms with Crippen molar-refractivity contribution in [1.82, 2.24) is 0 Å². The minimum Gasteiger partial charge on any atom is -0.268 e. The summed E-state index contributed by atoms with van der Waals surface area (Å²) in [5, 5.41) is 1.76. The molecule has 6 aliphatic rings. The lowest BCUT2D eigenvalue weighted by Gasteiger charge is -2.27. The Labute approximate surface area is 426 Å². The Balaban J connectivity index is 0.891. The van der Waals surface area contributed by atoms with Crippen LogP contribution in [0.1, 0.15) is 212 Å². The van der Waals surface area contributed by atoms with Crippen molar-refractivity contribution in [2.45, 2.75) is 126 Å². The summed E-state index contributed by atoms with van der Waals surface area (Å²) in [5.41, 5.74) is 10.0. The van der Waals surface area contributed by atoms with E-state index in [4.69, 9.17) is 0 Å². The van der Waals surface area contributed by atoms with Crippen molar-refractivity contribution in [3.63, 3.8) is 0 Å². The van der Waals surface area contributed by atoms with Crippen LogP contribution in [0.5, 0.6) is 0 Å². The Hall–Kier alpha value is -6.06. The molecule has 6 aromatic rings. The standard InChI is InChI=1S/C62H52Br2N2O4/c63-51-35-33-43(53-55(51)61(69)65(59(53)67)57-47(37-13-1-2-14-37)23-11-24-48(57)38-15-3-4-16-38)31-29-41-27-28-42(46-22-10-9-21-45(41)46)30-32-44-34-36-52(64)56-54(44)60(68)66(62(56)70)58-49(39-17-5-6-18-39)25-12-26-50(58)40-19-7-8-20-40/h9-12,21-28,33-40H,1-8,13-20H2. The van der Waals surface area contributed by atoms with Gasteiger partial charge >= 0.3 is 0 Å². The molecular weight excluding hydrogens is 996 g/mol. The quantitative estimate of drug-likeness (QED) is 0.123. The maximum atomic E-state index is 14.9. The van der Waals surface area contributed by atoms with Crippen molar-refractivity contribution in [2.24, 2.45) is 0 Å². The molecule has 0 aromatic heterocycles. The fraction of sp³-hybridized carbons (Fsp3) is 0.323. The van der Waals surface area contributed by atoms with Crippen LogP contribution in [-0.4, -0.2) is 23.6 Å². The van der Waals surface area contributed by atoms with Gasteiger partial charge < -0.3 is 0 Å². The number of rotatable bonds is 6. The number of fused-ring (bicyclic) bond motifs is 3. The molecule has 6 aromatic carbocycles. The SMILES string of the molecule is O=C1c2c(Br)ccc(C#Cc3ccc(C#Cc4ccc(Br)c5c4C(=O)N(c4c(C6CCCC6)cccc4C4CCCC4)C5=O)c4ccccc34)c2C(=O)N1c1c(C2CCCC2)cccc1C1CCCC1. The Morgan fingerprint density at radius 1 is 0.343 bits per heavy atom. The third-order valence-corrected chi connectivity index (χ3v) is 17.7. The fourth-order valence-corrected chi connectivity index (χ4v) is 14.0. The molecule has 4 amide bonds. The molecule has 2 heterocycles. The molecule has 4 saturated carbocycles. The summed E-state index contributed by atoms with van der Waals surface area (Å²) in [6.07, 6.45) is 17.7. The first-order valence-corrected chi connectivity index (χ1v) is 27.1. The largest absolute Gasteiger partial charge is 0.268 e. The van der Waals surface area contributed by atoms with E-state index in [9.17, 15) is 19.2 Å². The molecule has 0 N–H and O–H groups in total. The lowest BCUT2D eigenvalue weighted by molar-refractivity contribution is 0.0909. The van der Waals surface area contributed by atoms with E-state index in [1.54, 1.807) is 0 Å². The maximum absolute atomic E-state index is 14.9. The monoisotopic (exact) mass is 1050 g/mol. The van der Waals surface area contributed by atoms with Crippen LogP contribution >= 0.6 is 31.9 Å². The summed E-state index contributed by atoms with van der Waals surface area (Å²) >= 11 is 7.31. The normalized spacial score (nSPS) is 18.5. The van der Waals surface area contributed by atoms with Gasteiger partial charge in [-0.1, -0.05) is 136 Å². The zero-order chi connectivity index (χ0) is 47.6. The van der Waals surface area contributed by atoms with Crippen LogP contribution in [0.2, 0.25) is 0 Å². The first-order valence-electron chi connectivity index (χ1n) is 25.5. The number of imide groups is 2. The van der Waals surface area contributed by atoms with Gasteiger partial charge in [-0.05, 0) is 176 Å². The number of nitrogens with zero attached hydrogens (tertiary/aromatic N) is 2. The second kappa shape index (κ2) is 18.6. The molecule has 8 heteroatoms. The second-order valence-corrected chi connectivity index (χ2v) is 22.0. The maximum Gasteiger partial charge on any atom is 0.267 e. The number of carbonyl (C=O) groups excluding carboxylic acids is 4. The molecule has 0 spiro atoms. The van der Waals surface area contributed by atoms with Gasteiger partial charge in [0, 0.05) is 31.2 Å². The van der Waals surface area contributed by atoms with Gasteiger partial charge in [-0.2, -0.15) is 0 Å². The lowest BCUT2D eigenvalue weighted by atomic mass is 9.87. The number of amides is 4. The zero-order valence-corrected chi connectivity index (χ0v) is 42.3. The van der Waals surface area contributed by atoms with E-state index >= 15 is 0 Å². The van der Waals surface area contributed by atoms with E-state index in [-0.39, 0.29) is 23.6 Å². The fourth-order valence-electron chi connectivity index (χ4n) is 13.0. The molecule has 4 fully saturated rings. The summed E-state index contributed by atoms with van der Waals surface area (Å²) in [6.45, 7) is 0. The highest BCUT2D eigenvalue weighted by molar-refractivity contribution is 9.10. The van der Waals surface area contributed by atoms with Crippen molar-refractivity contribution >= 4 is 77.6 Å². The van der Waals surface area contributed by atoms with E-state index < -0.39 is 0 Å². The van der Waals surface area contributed by atoms with Gasteiger partial charge in [0.15, 0.2) is 0 Å². The molecule has 6 nitrogen and oxygen atoms in total. The molecule has 0 unspecified atom stereocenters. The van der Waals surface area contributed by atoms with Gasteiger partial charge in [0.05, 0.1) is 33.6 Å². The van der Waals surface area contributed by atoms with Gasteiger partial charge in [-0.3, -0.25) is 19.2 Å². The van der Waals surface area contributed by atoms with Gasteiger partial charge in [-0.15, -0.1) is 0 Å². The topological polar surface area (TPSA) is 74.8 Å². The highest BCUT2D eigenvalue weighted by Gasteiger charge is 2.45. The summed E-state index contributed by atoms with van der Waals surface area (Å²) in [4.78, 5) is 62.1. The van der Waals surface area contributed by atoms with Crippen molar-refractivity contribution in [3.05, 3.63) is 173 Å². The highest BCUT2D eigenvalue weighted by atomic mass is 79.9. The summed E-state index contributed by atoms with van der Waals surface area (Å²) in [7, 11) is 0. The smallest absolute Gasteiger partial charge is 0.267 e. The Morgan fingerprint density at radius 2 is 0.629 bits per heavy atom. The molecule has 70 heavy (non-hydrogen) atoms. The van der Waals surface area contributed by atoms with Gasteiger partial charge in [0.1, 0.15) is 0 Å². The molecule has 12 rings (SSSR count). The molecule has 348 valence electrons. The van der Waals surface area contributed by atoms with E-state index in [1.807, 2.05) is 60.7 Å². The minimum absolute atomic E-state index is 0.300. The molecule has 2 aliphatic heterocycles. The Kier molecular flexibility index (Phi) is 12.0. The number of hydrogen-bond acceptors (Lipinski definition) is 4. The molecular formula is C62H52Br2N2O4. The average molecular weight is 1050 g/mol. The van der Waals surface area contributed by atoms with E-state index in [0.717, 1.165) is 158 Å². The first kappa shape index (κ1) is 45.1. The van der Waals surface area contributed by atoms with Gasteiger partial charge in [0.2, 0.25) is 0 Å². The lowest BCUT2D eigenvalue weighted by Crippen LogP contribution is -2.32. The van der Waals surface area contributed by atoms with Crippen LogP contribution in [0.15, 0.2) is 106 Å². The highest BCUT2D eigenvalue weighted by Crippen LogP contribution is 2.50. The molecule has 0 radical (unpaired) electrons. The van der Waals surface area contributed by atoms with Gasteiger partial charge in [0.25, 0.3) is 23.6 Å². The van der Waals surface area contributed by atoms with Crippen LogP contribution in [0.25, 0.3) is 10.8 Å². The number of carbonyl (C=O) groups is 4. The number of hydrogen-bond donors (Lipinski definition) is 0. The van der Waals surface area contributed by atoms with Crippen molar-refractivity contribution in [2.75, 3.05) is 9.80 Å². The number of halogens is 2.